The zero-order chi connectivity index (χ0) is 19.1. The van der Waals surface area contributed by atoms with Gasteiger partial charge in [0.1, 0.15) is 0 Å². The Bertz CT molecular complexity index is 809. The molecule has 0 bridgehead atoms. The molecular weight excluding hydrogens is 531 g/mol. The van der Waals surface area contributed by atoms with Crippen LogP contribution >= 0.6 is 39.9 Å². The lowest BCUT2D eigenvalue weighted by molar-refractivity contribution is -0.120. The van der Waals surface area contributed by atoms with Crippen molar-refractivity contribution in [3.8, 4) is 0 Å². The summed E-state index contributed by atoms with van der Waals surface area (Å²) in [5, 5.41) is 9.35. The van der Waals surface area contributed by atoms with Gasteiger partial charge in [-0.2, -0.15) is 0 Å². The Morgan fingerprint density at radius 1 is 1.07 bits per heavy atom. The highest BCUT2D eigenvalue weighted by atomic mass is 127. The van der Waals surface area contributed by atoms with E-state index in [2.05, 4.69) is 55.1 Å². The Hall–Kier alpha value is -1.61. The molecule has 0 aliphatic heterocycles. The molecule has 0 spiro atoms. The van der Waals surface area contributed by atoms with Crippen LogP contribution in [0.15, 0.2) is 64.1 Å². The number of carbonyl (C=O) groups excluding carboxylic acids is 1. The van der Waals surface area contributed by atoms with Gasteiger partial charge in [-0.15, -0.1) is 24.0 Å². The van der Waals surface area contributed by atoms with Crippen molar-refractivity contribution in [3.63, 3.8) is 0 Å². The molecule has 0 heterocycles. The number of rotatable bonds is 7. The molecular formula is C21H26BrIN4O. The third-order valence-corrected chi connectivity index (χ3v) is 5.35. The van der Waals surface area contributed by atoms with E-state index in [1.54, 1.807) is 7.05 Å². The number of hydrogen-bond acceptors (Lipinski definition) is 2. The summed E-state index contributed by atoms with van der Waals surface area (Å²) in [6.45, 7) is 1.52. The van der Waals surface area contributed by atoms with Crippen LogP contribution in [0.25, 0.3) is 0 Å². The van der Waals surface area contributed by atoms with Gasteiger partial charge >= 0.3 is 0 Å². The highest BCUT2D eigenvalue weighted by Crippen LogP contribution is 2.48. The summed E-state index contributed by atoms with van der Waals surface area (Å²) in [6.07, 6.45) is 2.32. The van der Waals surface area contributed by atoms with E-state index in [1.807, 2.05) is 36.4 Å². The van der Waals surface area contributed by atoms with Crippen LogP contribution < -0.4 is 16.0 Å². The highest BCUT2D eigenvalue weighted by molar-refractivity contribution is 14.0. The third kappa shape index (κ3) is 6.48. The highest BCUT2D eigenvalue weighted by Gasteiger charge is 2.44. The number of benzene rings is 2. The molecule has 5 nitrogen and oxygen atoms in total. The molecule has 2 aromatic rings. The van der Waals surface area contributed by atoms with Gasteiger partial charge in [0.15, 0.2) is 5.96 Å². The molecule has 2 aromatic carbocycles. The average Bonchev–Trinajstić information content (AvgIpc) is 3.48. The van der Waals surface area contributed by atoms with Crippen molar-refractivity contribution < 1.29 is 4.79 Å². The number of amides is 1. The fourth-order valence-electron chi connectivity index (χ4n) is 3.03. The van der Waals surface area contributed by atoms with Crippen LogP contribution in [0, 0.1) is 0 Å². The molecule has 3 rings (SSSR count). The van der Waals surface area contributed by atoms with Crippen molar-refractivity contribution in [3.05, 3.63) is 70.2 Å². The quantitative estimate of drug-likeness (QED) is 0.277. The molecule has 150 valence electrons. The first-order chi connectivity index (χ1) is 13.1. The number of aliphatic imine (C=N–C) groups is 1. The summed E-state index contributed by atoms with van der Waals surface area (Å²) in [5.74, 6) is 0.584. The molecule has 7 heteroatoms. The van der Waals surface area contributed by atoms with E-state index in [0.717, 1.165) is 29.4 Å². The van der Waals surface area contributed by atoms with Gasteiger partial charge in [-0.05, 0) is 36.1 Å². The van der Waals surface area contributed by atoms with Gasteiger partial charge in [-0.3, -0.25) is 9.79 Å². The van der Waals surface area contributed by atoms with Crippen LogP contribution in [0.2, 0.25) is 0 Å². The van der Waals surface area contributed by atoms with Crippen molar-refractivity contribution in [2.24, 2.45) is 4.99 Å². The van der Waals surface area contributed by atoms with Crippen LogP contribution in [-0.4, -0.2) is 32.0 Å². The SMILES string of the molecule is CN=C(NCC(=O)NCc1ccccc1)NCC1(c2cccc(Br)c2)CC1.I. The Morgan fingerprint density at radius 2 is 1.82 bits per heavy atom. The fourth-order valence-corrected chi connectivity index (χ4v) is 3.43. The van der Waals surface area contributed by atoms with E-state index in [0.29, 0.717) is 12.5 Å². The molecule has 1 saturated carbocycles. The van der Waals surface area contributed by atoms with E-state index in [-0.39, 0.29) is 41.8 Å². The fraction of sp³-hybridized carbons (Fsp3) is 0.333. The molecule has 0 atom stereocenters. The van der Waals surface area contributed by atoms with E-state index in [9.17, 15) is 4.79 Å². The van der Waals surface area contributed by atoms with E-state index < -0.39 is 0 Å². The second-order valence-electron chi connectivity index (χ2n) is 6.83. The minimum absolute atomic E-state index is 0. The van der Waals surface area contributed by atoms with Crippen LogP contribution in [-0.2, 0) is 16.8 Å². The van der Waals surface area contributed by atoms with Gasteiger partial charge in [0.25, 0.3) is 0 Å². The molecule has 0 radical (unpaired) electrons. The summed E-state index contributed by atoms with van der Waals surface area (Å²) in [6, 6.07) is 18.3. The van der Waals surface area contributed by atoms with Gasteiger partial charge in [0.2, 0.25) is 5.91 Å². The molecule has 3 N–H and O–H groups in total. The van der Waals surface area contributed by atoms with Crippen LogP contribution in [0.1, 0.15) is 24.0 Å². The van der Waals surface area contributed by atoms with Crippen LogP contribution in [0.4, 0.5) is 0 Å². The maximum Gasteiger partial charge on any atom is 0.239 e. The van der Waals surface area contributed by atoms with Gasteiger partial charge in [-0.1, -0.05) is 58.4 Å². The van der Waals surface area contributed by atoms with Crippen molar-refractivity contribution in [2.45, 2.75) is 24.8 Å². The maximum absolute atomic E-state index is 12.0. The molecule has 0 saturated heterocycles. The Morgan fingerprint density at radius 3 is 2.46 bits per heavy atom. The molecule has 1 aliphatic rings. The first-order valence-electron chi connectivity index (χ1n) is 9.12. The second kappa shape index (κ2) is 10.8. The van der Waals surface area contributed by atoms with E-state index in [4.69, 9.17) is 0 Å². The van der Waals surface area contributed by atoms with Gasteiger partial charge in [-0.25, -0.2) is 0 Å². The summed E-state index contributed by atoms with van der Waals surface area (Å²) < 4.78 is 1.10. The van der Waals surface area contributed by atoms with Gasteiger partial charge < -0.3 is 16.0 Å². The number of halogens is 2. The van der Waals surface area contributed by atoms with Crippen molar-refractivity contribution in [1.29, 1.82) is 0 Å². The molecule has 28 heavy (non-hydrogen) atoms. The number of hydrogen-bond donors (Lipinski definition) is 3. The monoisotopic (exact) mass is 556 g/mol. The minimum Gasteiger partial charge on any atom is -0.356 e. The summed E-state index contributed by atoms with van der Waals surface area (Å²) in [7, 11) is 1.72. The number of carbonyl (C=O) groups is 1. The standard InChI is InChI=1S/C21H25BrN4O.HI/c1-23-20(25-14-19(27)24-13-16-6-3-2-4-7-16)26-15-21(10-11-21)17-8-5-9-18(22)12-17;/h2-9,12H,10-11,13-15H2,1H3,(H,24,27)(H2,23,25,26);1H. The largest absolute Gasteiger partial charge is 0.356 e. The normalized spacial score (nSPS) is 14.6. The number of nitrogens with one attached hydrogen (secondary N) is 3. The van der Waals surface area contributed by atoms with E-state index >= 15 is 0 Å². The maximum atomic E-state index is 12.0. The second-order valence-corrected chi connectivity index (χ2v) is 7.75. The van der Waals surface area contributed by atoms with E-state index in [1.165, 1.54) is 5.56 Å². The topological polar surface area (TPSA) is 65.5 Å². The first kappa shape index (κ1) is 22.7. The predicted octanol–water partition coefficient (Wildman–Crippen LogP) is 3.58. The first-order valence-corrected chi connectivity index (χ1v) is 9.92. The minimum atomic E-state index is -0.0603. The molecule has 1 fully saturated rings. The lowest BCUT2D eigenvalue weighted by Gasteiger charge is -2.19. The lowest BCUT2D eigenvalue weighted by Crippen LogP contribution is -2.45. The average molecular weight is 557 g/mol. The van der Waals surface area contributed by atoms with Gasteiger partial charge in [0, 0.05) is 30.0 Å². The zero-order valence-electron chi connectivity index (χ0n) is 15.9. The summed E-state index contributed by atoms with van der Waals surface area (Å²) >= 11 is 3.55. The van der Waals surface area contributed by atoms with Crippen molar-refractivity contribution in [1.82, 2.24) is 16.0 Å². The van der Waals surface area contributed by atoms with Crippen LogP contribution in [0.5, 0.6) is 0 Å². The number of nitrogens with zero attached hydrogens (tertiary/aromatic N) is 1. The molecule has 1 amide bonds. The van der Waals surface area contributed by atoms with Crippen LogP contribution in [0.3, 0.4) is 0 Å². The summed E-state index contributed by atoms with van der Waals surface area (Å²) in [4.78, 5) is 16.3. The summed E-state index contributed by atoms with van der Waals surface area (Å²) in [5.41, 5.74) is 2.58. The Kier molecular flexibility index (Phi) is 8.75. The lowest BCUT2D eigenvalue weighted by atomic mass is 9.96. The number of guanidine groups is 1. The Labute approximate surface area is 191 Å². The molecule has 0 aromatic heterocycles. The Balaban J connectivity index is 0.00000280. The zero-order valence-corrected chi connectivity index (χ0v) is 19.8. The molecule has 1 aliphatic carbocycles. The van der Waals surface area contributed by atoms with Crippen molar-refractivity contribution in [2.75, 3.05) is 20.1 Å². The smallest absolute Gasteiger partial charge is 0.239 e. The third-order valence-electron chi connectivity index (χ3n) is 4.86. The molecule has 0 unspecified atom stereocenters. The predicted molar refractivity (Wildman–Crippen MR) is 128 cm³/mol. The van der Waals surface area contributed by atoms with Gasteiger partial charge in [0.05, 0.1) is 6.54 Å². The van der Waals surface area contributed by atoms with Crippen molar-refractivity contribution >= 4 is 51.8 Å².